The van der Waals surface area contributed by atoms with E-state index in [1.165, 1.54) is 44.9 Å². The van der Waals surface area contributed by atoms with Crippen molar-refractivity contribution in [3.63, 3.8) is 0 Å². The largest absolute Gasteiger partial charge is 0.377 e. The number of nitrogens with zero attached hydrogens (tertiary/aromatic N) is 1. The number of nitrogens with one attached hydrogen (secondary N) is 2. The maximum absolute atomic E-state index is 6.01. The standard InChI is InChI=1S/C17H29N3O/c1-2-18-16(19-11-12-5-3-6-12)20-14-13-7-10-21-15(13)17(14)8-4-9-17/h12-15H,2-11H2,1H3,(H2,18,19,20). The summed E-state index contributed by atoms with van der Waals surface area (Å²) >= 11 is 0. The van der Waals surface area contributed by atoms with Crippen LogP contribution >= 0.6 is 0 Å². The van der Waals surface area contributed by atoms with Crippen molar-refractivity contribution < 1.29 is 4.74 Å². The minimum Gasteiger partial charge on any atom is -0.377 e. The molecule has 4 fully saturated rings. The molecule has 0 aromatic rings. The van der Waals surface area contributed by atoms with Crippen molar-refractivity contribution in [1.82, 2.24) is 10.6 Å². The second-order valence-corrected chi connectivity index (χ2v) is 7.47. The Morgan fingerprint density at radius 3 is 2.71 bits per heavy atom. The molecule has 3 atom stereocenters. The summed E-state index contributed by atoms with van der Waals surface area (Å²) in [6, 6.07) is 0.595. The molecule has 1 saturated heterocycles. The van der Waals surface area contributed by atoms with Gasteiger partial charge in [0.05, 0.1) is 6.10 Å². The first kappa shape index (κ1) is 13.9. The van der Waals surface area contributed by atoms with E-state index in [0.717, 1.165) is 37.5 Å². The van der Waals surface area contributed by atoms with Gasteiger partial charge in [0.2, 0.25) is 0 Å². The van der Waals surface area contributed by atoms with Crippen LogP contribution in [0.25, 0.3) is 0 Å². The number of ether oxygens (including phenoxy) is 1. The average Bonchev–Trinajstić information content (AvgIpc) is 2.77. The van der Waals surface area contributed by atoms with Gasteiger partial charge in [-0.3, -0.25) is 4.99 Å². The Bertz CT molecular complexity index is 414. The Morgan fingerprint density at radius 2 is 2.10 bits per heavy atom. The first-order valence-corrected chi connectivity index (χ1v) is 9.00. The third-order valence-electron chi connectivity index (χ3n) is 6.40. The van der Waals surface area contributed by atoms with E-state index in [4.69, 9.17) is 9.73 Å². The zero-order valence-corrected chi connectivity index (χ0v) is 13.2. The molecule has 4 aliphatic rings. The molecule has 4 nitrogen and oxygen atoms in total. The van der Waals surface area contributed by atoms with E-state index in [2.05, 4.69) is 17.6 Å². The van der Waals surface area contributed by atoms with Gasteiger partial charge in [-0.25, -0.2) is 0 Å². The third kappa shape index (κ3) is 2.18. The van der Waals surface area contributed by atoms with Crippen LogP contribution < -0.4 is 10.6 Å². The van der Waals surface area contributed by atoms with Crippen molar-refractivity contribution in [1.29, 1.82) is 0 Å². The molecule has 0 radical (unpaired) electrons. The smallest absolute Gasteiger partial charge is 0.191 e. The fourth-order valence-corrected chi connectivity index (χ4v) is 4.82. The van der Waals surface area contributed by atoms with E-state index in [-0.39, 0.29) is 0 Å². The van der Waals surface area contributed by atoms with E-state index in [0.29, 0.717) is 17.6 Å². The number of aliphatic imine (C=N–C) groups is 1. The monoisotopic (exact) mass is 291 g/mol. The second-order valence-electron chi connectivity index (χ2n) is 7.47. The van der Waals surface area contributed by atoms with Crippen molar-refractivity contribution in [2.24, 2.45) is 22.2 Å². The zero-order chi connectivity index (χ0) is 14.3. The summed E-state index contributed by atoms with van der Waals surface area (Å²) in [5.74, 6) is 2.60. The highest BCUT2D eigenvalue weighted by Gasteiger charge is 2.66. The van der Waals surface area contributed by atoms with E-state index in [1.54, 1.807) is 0 Å². The highest BCUT2D eigenvalue weighted by molar-refractivity contribution is 5.80. The van der Waals surface area contributed by atoms with E-state index < -0.39 is 0 Å². The van der Waals surface area contributed by atoms with Crippen LogP contribution in [0.1, 0.15) is 51.9 Å². The molecule has 2 N–H and O–H groups in total. The lowest BCUT2D eigenvalue weighted by Gasteiger charge is -2.63. The van der Waals surface area contributed by atoms with Crippen molar-refractivity contribution in [3.8, 4) is 0 Å². The molecule has 0 aromatic heterocycles. The second kappa shape index (κ2) is 5.45. The number of guanidine groups is 1. The molecule has 21 heavy (non-hydrogen) atoms. The molecule has 0 amide bonds. The summed E-state index contributed by atoms with van der Waals surface area (Å²) < 4.78 is 6.01. The molecule has 0 bridgehead atoms. The lowest BCUT2D eigenvalue weighted by molar-refractivity contribution is -0.171. The Kier molecular flexibility index (Phi) is 3.60. The molecule has 118 valence electrons. The van der Waals surface area contributed by atoms with Gasteiger partial charge in [0.1, 0.15) is 0 Å². The van der Waals surface area contributed by atoms with Gasteiger partial charge >= 0.3 is 0 Å². The van der Waals surface area contributed by atoms with E-state index >= 15 is 0 Å². The van der Waals surface area contributed by atoms with Crippen LogP contribution in [0, 0.1) is 17.3 Å². The predicted molar refractivity (Wildman–Crippen MR) is 84.4 cm³/mol. The molecule has 3 unspecified atom stereocenters. The number of hydrogen-bond donors (Lipinski definition) is 2. The third-order valence-corrected chi connectivity index (χ3v) is 6.40. The fraction of sp³-hybridized carbons (Fsp3) is 0.941. The first-order valence-electron chi connectivity index (χ1n) is 9.00. The molecule has 1 heterocycles. The van der Waals surface area contributed by atoms with Crippen LogP contribution in [-0.2, 0) is 4.74 Å². The summed E-state index contributed by atoms with van der Waals surface area (Å²) in [6.45, 7) is 5.06. The Labute approximate surface area is 128 Å². The quantitative estimate of drug-likeness (QED) is 0.617. The van der Waals surface area contributed by atoms with Crippen molar-refractivity contribution in [2.45, 2.75) is 64.0 Å². The summed E-state index contributed by atoms with van der Waals surface area (Å²) in [7, 11) is 0. The van der Waals surface area contributed by atoms with Crippen LogP contribution in [0.3, 0.4) is 0 Å². The van der Waals surface area contributed by atoms with Gasteiger partial charge in [0.15, 0.2) is 5.96 Å². The van der Waals surface area contributed by atoms with Crippen LogP contribution in [0.5, 0.6) is 0 Å². The van der Waals surface area contributed by atoms with Gasteiger partial charge in [-0.2, -0.15) is 0 Å². The minimum atomic E-state index is 0.438. The van der Waals surface area contributed by atoms with Gasteiger partial charge in [-0.05, 0) is 44.9 Å². The van der Waals surface area contributed by atoms with Crippen LogP contribution in [0.4, 0.5) is 0 Å². The van der Waals surface area contributed by atoms with Crippen molar-refractivity contribution >= 4 is 5.96 Å². The normalized spacial score (nSPS) is 37.4. The minimum absolute atomic E-state index is 0.438. The van der Waals surface area contributed by atoms with Crippen molar-refractivity contribution in [3.05, 3.63) is 0 Å². The molecular weight excluding hydrogens is 262 g/mol. The predicted octanol–water partition coefficient (Wildman–Crippen LogP) is 2.30. The Hall–Kier alpha value is -0.770. The van der Waals surface area contributed by atoms with Crippen LogP contribution in [-0.4, -0.2) is 37.8 Å². The Morgan fingerprint density at radius 1 is 1.24 bits per heavy atom. The molecule has 1 spiro atoms. The number of hydrogen-bond acceptors (Lipinski definition) is 2. The van der Waals surface area contributed by atoms with E-state index in [1.807, 2.05) is 0 Å². The maximum Gasteiger partial charge on any atom is 0.191 e. The molecular formula is C17H29N3O. The lowest BCUT2D eigenvalue weighted by Crippen LogP contribution is -2.72. The number of fused-ring (bicyclic) bond motifs is 2. The summed E-state index contributed by atoms with van der Waals surface area (Å²) in [4.78, 5) is 4.85. The van der Waals surface area contributed by atoms with Gasteiger partial charge in [-0.1, -0.05) is 12.8 Å². The maximum atomic E-state index is 6.01. The van der Waals surface area contributed by atoms with Crippen LogP contribution in [0.15, 0.2) is 4.99 Å². The van der Waals surface area contributed by atoms with Gasteiger partial charge < -0.3 is 15.4 Å². The van der Waals surface area contributed by atoms with Gasteiger partial charge in [0, 0.05) is 37.1 Å². The van der Waals surface area contributed by atoms with E-state index in [9.17, 15) is 0 Å². The number of rotatable bonds is 4. The van der Waals surface area contributed by atoms with Crippen LogP contribution in [0.2, 0.25) is 0 Å². The topological polar surface area (TPSA) is 45.7 Å². The molecule has 3 aliphatic carbocycles. The first-order chi connectivity index (χ1) is 10.3. The zero-order valence-electron chi connectivity index (χ0n) is 13.2. The molecule has 4 rings (SSSR count). The fourth-order valence-electron chi connectivity index (χ4n) is 4.82. The summed E-state index contributed by atoms with van der Waals surface area (Å²) in [6.07, 6.45) is 9.97. The van der Waals surface area contributed by atoms with Gasteiger partial charge in [0.25, 0.3) is 0 Å². The molecule has 3 saturated carbocycles. The lowest BCUT2D eigenvalue weighted by atomic mass is 9.46. The Balaban J connectivity index is 1.41. The highest BCUT2D eigenvalue weighted by Crippen LogP contribution is 2.62. The summed E-state index contributed by atoms with van der Waals surface area (Å²) in [5, 5.41) is 7.23. The molecule has 4 heteroatoms. The molecule has 1 aliphatic heterocycles. The van der Waals surface area contributed by atoms with Crippen molar-refractivity contribution in [2.75, 3.05) is 19.7 Å². The average molecular weight is 291 g/mol. The summed E-state index contributed by atoms with van der Waals surface area (Å²) in [5.41, 5.74) is 0.438. The molecule has 0 aromatic carbocycles. The SMILES string of the molecule is CCNC(=NCC1CCC1)NC1C2CCOC2C12CCC2. The van der Waals surface area contributed by atoms with Gasteiger partial charge in [-0.15, -0.1) is 0 Å². The highest BCUT2D eigenvalue weighted by atomic mass is 16.5.